The number of nitrogens with zero attached hydrogens (tertiary/aromatic N) is 2. The standard InChI is InChI=1S/C17H18FN3O4/c1-25-10-17(16(23)24)7-2-8-21(17)15(22)14-9-13(19-20-14)11-3-5-12(18)6-4-11/h3-6,9H,2,7-8,10H2,1H3,(H,19,20)(H,23,24). The van der Waals surface area contributed by atoms with Crippen LogP contribution >= 0.6 is 0 Å². The molecule has 1 amide bonds. The van der Waals surface area contributed by atoms with Gasteiger partial charge < -0.3 is 14.7 Å². The number of carboxylic acid groups (broad SMARTS) is 1. The SMILES string of the molecule is COCC1(C(=O)O)CCCN1C(=O)c1cc(-c2ccc(F)cc2)n[nH]1. The molecule has 1 aromatic carbocycles. The minimum absolute atomic E-state index is 0.0764. The third-order valence-corrected chi connectivity index (χ3v) is 4.46. The minimum Gasteiger partial charge on any atom is -0.479 e. The van der Waals surface area contributed by atoms with E-state index in [1.165, 1.54) is 30.2 Å². The van der Waals surface area contributed by atoms with Gasteiger partial charge in [-0.1, -0.05) is 0 Å². The first-order valence-corrected chi connectivity index (χ1v) is 7.83. The fourth-order valence-electron chi connectivity index (χ4n) is 3.19. The normalized spacial score (nSPS) is 20.0. The second-order valence-electron chi connectivity index (χ2n) is 6.00. The smallest absolute Gasteiger partial charge is 0.332 e. The number of carbonyl (C=O) groups excluding carboxylic acids is 1. The first-order valence-electron chi connectivity index (χ1n) is 7.83. The van der Waals surface area contributed by atoms with Gasteiger partial charge in [-0.2, -0.15) is 5.10 Å². The van der Waals surface area contributed by atoms with Crippen LogP contribution in [0.1, 0.15) is 23.3 Å². The molecule has 2 aromatic rings. The number of carbonyl (C=O) groups is 2. The van der Waals surface area contributed by atoms with Crippen molar-refractivity contribution in [3.63, 3.8) is 0 Å². The van der Waals surface area contributed by atoms with Crippen LogP contribution in [0, 0.1) is 5.82 Å². The second kappa shape index (κ2) is 6.64. The Morgan fingerprint density at radius 2 is 2.12 bits per heavy atom. The number of halogens is 1. The average Bonchev–Trinajstić information content (AvgIpc) is 3.23. The maximum atomic E-state index is 13.0. The molecule has 1 aromatic heterocycles. The molecule has 132 valence electrons. The molecule has 0 saturated carbocycles. The van der Waals surface area contributed by atoms with Crippen molar-refractivity contribution in [2.75, 3.05) is 20.3 Å². The maximum Gasteiger partial charge on any atom is 0.332 e. The van der Waals surface area contributed by atoms with E-state index in [-0.39, 0.29) is 18.1 Å². The quantitative estimate of drug-likeness (QED) is 0.861. The summed E-state index contributed by atoms with van der Waals surface area (Å²) in [5.74, 6) is -1.89. The molecule has 0 bridgehead atoms. The Bertz CT molecular complexity index is 789. The summed E-state index contributed by atoms with van der Waals surface area (Å²) < 4.78 is 18.1. The van der Waals surface area contributed by atoms with E-state index < -0.39 is 17.4 Å². The Kier molecular flexibility index (Phi) is 4.54. The molecule has 1 atom stereocenters. The van der Waals surface area contributed by atoms with E-state index in [1.807, 2.05) is 0 Å². The van der Waals surface area contributed by atoms with Crippen molar-refractivity contribution in [2.24, 2.45) is 0 Å². The lowest BCUT2D eigenvalue weighted by molar-refractivity contribution is -0.151. The molecule has 7 nitrogen and oxygen atoms in total. The van der Waals surface area contributed by atoms with Crippen LogP contribution in [-0.4, -0.2) is 57.9 Å². The van der Waals surface area contributed by atoms with E-state index in [1.54, 1.807) is 12.1 Å². The van der Waals surface area contributed by atoms with Gasteiger partial charge in [0.1, 0.15) is 11.5 Å². The number of benzene rings is 1. The summed E-state index contributed by atoms with van der Waals surface area (Å²) >= 11 is 0. The van der Waals surface area contributed by atoms with Crippen LogP contribution < -0.4 is 0 Å². The lowest BCUT2D eigenvalue weighted by Crippen LogP contribution is -2.56. The van der Waals surface area contributed by atoms with Gasteiger partial charge in [0.2, 0.25) is 0 Å². The number of hydrogen-bond donors (Lipinski definition) is 2. The van der Waals surface area contributed by atoms with Crippen LogP contribution in [0.2, 0.25) is 0 Å². The first kappa shape index (κ1) is 17.1. The Hall–Kier alpha value is -2.74. The predicted octanol–water partition coefficient (Wildman–Crippen LogP) is 1.92. The molecule has 25 heavy (non-hydrogen) atoms. The second-order valence-corrected chi connectivity index (χ2v) is 6.00. The van der Waals surface area contributed by atoms with Crippen LogP contribution in [0.25, 0.3) is 11.3 Å². The summed E-state index contributed by atoms with van der Waals surface area (Å²) in [6.07, 6.45) is 0.918. The summed E-state index contributed by atoms with van der Waals surface area (Å²) in [7, 11) is 1.41. The zero-order chi connectivity index (χ0) is 18.0. The van der Waals surface area contributed by atoms with Gasteiger partial charge in [-0.3, -0.25) is 9.89 Å². The predicted molar refractivity (Wildman–Crippen MR) is 86.5 cm³/mol. The summed E-state index contributed by atoms with van der Waals surface area (Å²) in [4.78, 5) is 25.9. The van der Waals surface area contributed by atoms with Gasteiger partial charge in [-0.25, -0.2) is 9.18 Å². The summed E-state index contributed by atoms with van der Waals surface area (Å²) in [5.41, 5.74) is -0.0508. The van der Waals surface area contributed by atoms with Gasteiger partial charge in [0.05, 0.1) is 12.3 Å². The van der Waals surface area contributed by atoms with Gasteiger partial charge in [-0.15, -0.1) is 0 Å². The molecule has 1 saturated heterocycles. The number of aromatic amines is 1. The Labute approximate surface area is 143 Å². The summed E-state index contributed by atoms with van der Waals surface area (Å²) in [5, 5.41) is 16.4. The minimum atomic E-state index is -1.37. The Balaban J connectivity index is 1.88. The van der Waals surface area contributed by atoms with Crippen molar-refractivity contribution >= 4 is 11.9 Å². The molecule has 2 heterocycles. The highest BCUT2D eigenvalue weighted by atomic mass is 19.1. The van der Waals surface area contributed by atoms with Gasteiger partial charge >= 0.3 is 5.97 Å². The maximum absolute atomic E-state index is 13.0. The van der Waals surface area contributed by atoms with Gasteiger partial charge in [0.15, 0.2) is 5.54 Å². The molecule has 0 spiro atoms. The number of hydrogen-bond acceptors (Lipinski definition) is 4. The zero-order valence-electron chi connectivity index (χ0n) is 13.7. The topological polar surface area (TPSA) is 95.5 Å². The monoisotopic (exact) mass is 347 g/mol. The highest BCUT2D eigenvalue weighted by Crippen LogP contribution is 2.32. The fourth-order valence-corrected chi connectivity index (χ4v) is 3.19. The number of amides is 1. The van der Waals surface area contributed by atoms with Crippen LogP contribution in [0.3, 0.4) is 0 Å². The molecular formula is C17H18FN3O4. The number of rotatable bonds is 5. The molecule has 2 N–H and O–H groups in total. The highest BCUT2D eigenvalue weighted by molar-refractivity contribution is 5.97. The number of methoxy groups -OCH3 is 1. The lowest BCUT2D eigenvalue weighted by Gasteiger charge is -2.33. The third kappa shape index (κ3) is 3.00. The van der Waals surface area contributed by atoms with E-state index in [2.05, 4.69) is 10.2 Å². The molecule has 1 unspecified atom stereocenters. The summed E-state index contributed by atoms with van der Waals surface area (Å²) in [6.45, 7) is 0.256. The number of ether oxygens (including phenoxy) is 1. The average molecular weight is 347 g/mol. The highest BCUT2D eigenvalue weighted by Gasteiger charge is 2.50. The fraction of sp³-hybridized carbons (Fsp3) is 0.353. The van der Waals surface area contributed by atoms with Crippen molar-refractivity contribution in [1.82, 2.24) is 15.1 Å². The van der Waals surface area contributed by atoms with Gasteiger partial charge in [0.25, 0.3) is 5.91 Å². The molecule has 0 aliphatic carbocycles. The molecule has 1 aliphatic heterocycles. The third-order valence-electron chi connectivity index (χ3n) is 4.46. The van der Waals surface area contributed by atoms with Crippen LogP contribution in [0.5, 0.6) is 0 Å². The molecule has 1 aliphatic rings. The van der Waals surface area contributed by atoms with Crippen LogP contribution in [0.4, 0.5) is 4.39 Å². The van der Waals surface area contributed by atoms with Gasteiger partial charge in [-0.05, 0) is 43.2 Å². The summed E-state index contributed by atoms with van der Waals surface area (Å²) in [6, 6.07) is 7.26. The molecule has 1 fully saturated rings. The number of H-pyrrole nitrogens is 1. The van der Waals surface area contributed by atoms with Crippen LogP contribution in [0.15, 0.2) is 30.3 Å². The van der Waals surface area contributed by atoms with Crippen molar-refractivity contribution in [1.29, 1.82) is 0 Å². The van der Waals surface area contributed by atoms with E-state index in [9.17, 15) is 19.1 Å². The number of likely N-dealkylation sites (tertiary alicyclic amines) is 1. The van der Waals surface area contributed by atoms with Crippen LogP contribution in [-0.2, 0) is 9.53 Å². The zero-order valence-corrected chi connectivity index (χ0v) is 13.7. The van der Waals surface area contributed by atoms with E-state index >= 15 is 0 Å². The molecule has 8 heteroatoms. The van der Waals surface area contributed by atoms with E-state index in [4.69, 9.17) is 4.74 Å². The van der Waals surface area contributed by atoms with Crippen molar-refractivity contribution in [3.05, 3.63) is 41.8 Å². The lowest BCUT2D eigenvalue weighted by atomic mass is 9.97. The number of aliphatic carboxylic acids is 1. The molecule has 0 radical (unpaired) electrons. The van der Waals surface area contributed by atoms with Crippen molar-refractivity contribution in [2.45, 2.75) is 18.4 Å². The largest absolute Gasteiger partial charge is 0.479 e. The molecular weight excluding hydrogens is 329 g/mol. The van der Waals surface area contributed by atoms with Gasteiger partial charge in [0, 0.05) is 19.2 Å². The van der Waals surface area contributed by atoms with E-state index in [0.29, 0.717) is 30.6 Å². The Morgan fingerprint density at radius 1 is 1.40 bits per heavy atom. The van der Waals surface area contributed by atoms with Crippen molar-refractivity contribution in [3.8, 4) is 11.3 Å². The van der Waals surface area contributed by atoms with Crippen molar-refractivity contribution < 1.29 is 23.8 Å². The number of aromatic nitrogens is 2. The Morgan fingerprint density at radius 3 is 2.76 bits per heavy atom. The molecule has 3 rings (SSSR count). The number of carboxylic acids is 1. The number of nitrogens with one attached hydrogen (secondary N) is 1. The first-order chi connectivity index (χ1) is 12.0. The van der Waals surface area contributed by atoms with E-state index in [0.717, 1.165) is 0 Å².